The van der Waals surface area contributed by atoms with Gasteiger partial charge in [-0.15, -0.1) is 0 Å². The first-order valence-corrected chi connectivity index (χ1v) is 7.29. The van der Waals surface area contributed by atoms with Gasteiger partial charge in [0.15, 0.2) is 0 Å². The molecule has 3 nitrogen and oxygen atoms in total. The first-order valence-electron chi connectivity index (χ1n) is 7.29. The van der Waals surface area contributed by atoms with Crippen molar-refractivity contribution in [3.05, 3.63) is 0 Å². The Morgan fingerprint density at radius 1 is 1.17 bits per heavy atom. The van der Waals surface area contributed by atoms with Gasteiger partial charge in [0.1, 0.15) is 0 Å². The Balaban J connectivity index is 2.65. The molecule has 0 amide bonds. The number of likely N-dealkylation sites (N-methyl/N-ethyl adjacent to an activating group) is 1. The molecule has 1 aliphatic rings. The molecule has 1 heterocycles. The molecule has 0 aromatic carbocycles. The molecule has 0 aromatic rings. The van der Waals surface area contributed by atoms with Gasteiger partial charge >= 0.3 is 0 Å². The second kappa shape index (κ2) is 5.89. The van der Waals surface area contributed by atoms with Crippen molar-refractivity contribution < 1.29 is 4.74 Å². The van der Waals surface area contributed by atoms with Crippen LogP contribution in [-0.4, -0.2) is 48.8 Å². The summed E-state index contributed by atoms with van der Waals surface area (Å²) in [5.74, 6) is 0.712. The van der Waals surface area contributed by atoms with Crippen LogP contribution in [0.3, 0.4) is 0 Å². The summed E-state index contributed by atoms with van der Waals surface area (Å²) in [5, 5.41) is 3.47. The van der Waals surface area contributed by atoms with Crippen LogP contribution in [0.4, 0.5) is 0 Å². The topological polar surface area (TPSA) is 24.5 Å². The van der Waals surface area contributed by atoms with Crippen molar-refractivity contribution in [3.63, 3.8) is 0 Å². The second-order valence-electron chi connectivity index (χ2n) is 7.07. The molecule has 3 heteroatoms. The Morgan fingerprint density at radius 3 is 2.06 bits per heavy atom. The lowest BCUT2D eigenvalue weighted by Crippen LogP contribution is -2.59. The second-order valence-corrected chi connectivity index (χ2v) is 7.07. The predicted octanol–water partition coefficient (Wildman–Crippen LogP) is 2.51. The molecule has 18 heavy (non-hydrogen) atoms. The number of hydrogen-bond acceptors (Lipinski definition) is 3. The molecular weight excluding hydrogens is 224 g/mol. The minimum atomic E-state index is -0.0461. The fraction of sp³-hybridized carbons (Fsp3) is 1.00. The summed E-state index contributed by atoms with van der Waals surface area (Å²) in [7, 11) is 2.08. The average molecular weight is 256 g/mol. The molecule has 0 radical (unpaired) electrons. The van der Waals surface area contributed by atoms with Gasteiger partial charge in [0.2, 0.25) is 0 Å². The van der Waals surface area contributed by atoms with Crippen molar-refractivity contribution in [2.75, 3.05) is 26.7 Å². The minimum Gasteiger partial charge on any atom is -0.367 e. The molecular formula is C15H32N2O. The van der Waals surface area contributed by atoms with Crippen LogP contribution in [-0.2, 0) is 4.74 Å². The fourth-order valence-corrected chi connectivity index (χ4v) is 3.19. The van der Waals surface area contributed by atoms with Crippen LogP contribution >= 0.6 is 0 Å². The highest BCUT2D eigenvalue weighted by molar-refractivity contribution is 4.91. The molecule has 1 N–H and O–H groups in total. The van der Waals surface area contributed by atoms with Crippen LogP contribution in [0.1, 0.15) is 48.0 Å². The molecule has 108 valence electrons. The molecule has 1 saturated heterocycles. The van der Waals surface area contributed by atoms with Gasteiger partial charge in [0.25, 0.3) is 0 Å². The monoisotopic (exact) mass is 256 g/mol. The third kappa shape index (κ3) is 4.52. The van der Waals surface area contributed by atoms with E-state index in [-0.39, 0.29) is 11.2 Å². The van der Waals surface area contributed by atoms with E-state index >= 15 is 0 Å². The average Bonchev–Trinajstić information content (AvgIpc) is 2.20. The van der Waals surface area contributed by atoms with Crippen molar-refractivity contribution in [1.29, 1.82) is 0 Å². The SMILES string of the molecule is CCC(C)C(CN1CC(C)(C)OC(C)(C)C1)NC. The lowest BCUT2D eigenvalue weighted by atomic mass is 9.95. The number of nitrogens with one attached hydrogen (secondary N) is 1. The van der Waals surface area contributed by atoms with Gasteiger partial charge in [-0.05, 0) is 40.7 Å². The standard InChI is InChI=1S/C15H32N2O/c1-8-12(2)13(16-7)9-17-10-14(3,4)18-15(5,6)11-17/h12-13,16H,8-11H2,1-7H3. The maximum absolute atomic E-state index is 6.13. The lowest BCUT2D eigenvalue weighted by molar-refractivity contribution is -0.181. The normalized spacial score (nSPS) is 26.8. The van der Waals surface area contributed by atoms with Crippen molar-refractivity contribution >= 4 is 0 Å². The van der Waals surface area contributed by atoms with Crippen molar-refractivity contribution in [2.45, 2.75) is 65.2 Å². The zero-order valence-corrected chi connectivity index (χ0v) is 13.3. The van der Waals surface area contributed by atoms with Crippen LogP contribution in [0.2, 0.25) is 0 Å². The van der Waals surface area contributed by atoms with Gasteiger partial charge in [-0.2, -0.15) is 0 Å². The van der Waals surface area contributed by atoms with Crippen LogP contribution < -0.4 is 5.32 Å². The van der Waals surface area contributed by atoms with E-state index in [0.29, 0.717) is 12.0 Å². The van der Waals surface area contributed by atoms with E-state index in [4.69, 9.17) is 4.74 Å². The summed E-state index contributed by atoms with van der Waals surface area (Å²) in [6.45, 7) is 16.5. The Bertz CT molecular complexity index is 247. The summed E-state index contributed by atoms with van der Waals surface area (Å²) in [4.78, 5) is 2.55. The number of morpholine rings is 1. The Labute approximate surface area is 113 Å². The highest BCUT2D eigenvalue weighted by Gasteiger charge is 2.38. The largest absolute Gasteiger partial charge is 0.367 e. The Kier molecular flexibility index (Phi) is 5.22. The highest BCUT2D eigenvalue weighted by Crippen LogP contribution is 2.28. The van der Waals surface area contributed by atoms with E-state index in [0.717, 1.165) is 19.6 Å². The minimum absolute atomic E-state index is 0.0461. The molecule has 0 bridgehead atoms. The van der Waals surface area contributed by atoms with E-state index in [1.165, 1.54) is 6.42 Å². The van der Waals surface area contributed by atoms with Crippen LogP contribution in [0.15, 0.2) is 0 Å². The summed E-state index contributed by atoms with van der Waals surface area (Å²) in [6.07, 6.45) is 1.22. The summed E-state index contributed by atoms with van der Waals surface area (Å²) in [6, 6.07) is 0.569. The van der Waals surface area contributed by atoms with Crippen LogP contribution in [0.25, 0.3) is 0 Å². The molecule has 1 aliphatic heterocycles. The van der Waals surface area contributed by atoms with E-state index < -0.39 is 0 Å². The number of nitrogens with zero attached hydrogens (tertiary/aromatic N) is 1. The van der Waals surface area contributed by atoms with Gasteiger partial charge in [0.05, 0.1) is 11.2 Å². The number of ether oxygens (including phenoxy) is 1. The Morgan fingerprint density at radius 2 is 1.67 bits per heavy atom. The number of hydrogen-bond donors (Lipinski definition) is 1. The third-order valence-corrected chi connectivity index (χ3v) is 3.92. The summed E-state index contributed by atoms with van der Waals surface area (Å²) < 4.78 is 6.13. The zero-order chi connectivity index (χ0) is 14.0. The van der Waals surface area contributed by atoms with Crippen molar-refractivity contribution in [2.24, 2.45) is 5.92 Å². The van der Waals surface area contributed by atoms with E-state index in [1.807, 2.05) is 0 Å². The van der Waals surface area contributed by atoms with Crippen LogP contribution in [0.5, 0.6) is 0 Å². The Hall–Kier alpha value is -0.120. The zero-order valence-electron chi connectivity index (χ0n) is 13.3. The maximum atomic E-state index is 6.13. The van der Waals surface area contributed by atoms with Gasteiger partial charge < -0.3 is 10.1 Å². The first kappa shape index (κ1) is 15.9. The molecule has 0 aliphatic carbocycles. The van der Waals surface area contributed by atoms with E-state index in [9.17, 15) is 0 Å². The molecule has 1 fully saturated rings. The summed E-state index contributed by atoms with van der Waals surface area (Å²) >= 11 is 0. The predicted molar refractivity (Wildman–Crippen MR) is 78.0 cm³/mol. The highest BCUT2D eigenvalue weighted by atomic mass is 16.5. The smallest absolute Gasteiger partial charge is 0.0760 e. The van der Waals surface area contributed by atoms with E-state index in [2.05, 4.69) is 58.8 Å². The maximum Gasteiger partial charge on any atom is 0.0760 e. The number of rotatable bonds is 5. The molecule has 2 unspecified atom stereocenters. The first-order chi connectivity index (χ1) is 8.19. The molecule has 0 saturated carbocycles. The molecule has 1 rings (SSSR count). The molecule has 2 atom stereocenters. The van der Waals surface area contributed by atoms with Crippen LogP contribution in [0, 0.1) is 5.92 Å². The van der Waals surface area contributed by atoms with Crippen molar-refractivity contribution in [1.82, 2.24) is 10.2 Å². The third-order valence-electron chi connectivity index (χ3n) is 3.92. The fourth-order valence-electron chi connectivity index (χ4n) is 3.19. The van der Waals surface area contributed by atoms with Crippen molar-refractivity contribution in [3.8, 4) is 0 Å². The summed E-state index contributed by atoms with van der Waals surface area (Å²) in [5.41, 5.74) is -0.0923. The van der Waals surface area contributed by atoms with Gasteiger partial charge in [-0.3, -0.25) is 4.90 Å². The molecule has 0 spiro atoms. The van der Waals surface area contributed by atoms with Gasteiger partial charge in [-0.25, -0.2) is 0 Å². The lowest BCUT2D eigenvalue weighted by Gasteiger charge is -2.48. The van der Waals surface area contributed by atoms with E-state index in [1.54, 1.807) is 0 Å². The quantitative estimate of drug-likeness (QED) is 0.818. The van der Waals surface area contributed by atoms with Gasteiger partial charge in [-0.1, -0.05) is 20.3 Å². The molecule has 0 aromatic heterocycles. The van der Waals surface area contributed by atoms with Gasteiger partial charge in [0, 0.05) is 25.7 Å².